The third-order valence-corrected chi connectivity index (χ3v) is 4.12. The van der Waals surface area contributed by atoms with E-state index in [9.17, 15) is 9.59 Å². The average Bonchev–Trinajstić information content (AvgIpc) is 2.77. The maximum absolute atomic E-state index is 11.6. The first-order valence-electron chi connectivity index (χ1n) is 6.34. The van der Waals surface area contributed by atoms with E-state index in [0.29, 0.717) is 18.9 Å². The van der Waals surface area contributed by atoms with Crippen molar-refractivity contribution in [2.24, 2.45) is 11.8 Å². The maximum atomic E-state index is 11.6. The Morgan fingerprint density at radius 3 is 2.67 bits per heavy atom. The van der Waals surface area contributed by atoms with Gasteiger partial charge in [0.2, 0.25) is 0 Å². The summed E-state index contributed by atoms with van der Waals surface area (Å²) in [5.41, 5.74) is 0. The lowest BCUT2D eigenvalue weighted by Gasteiger charge is -2.17. The minimum Gasteiger partial charge on any atom is -0.480 e. The van der Waals surface area contributed by atoms with Crippen LogP contribution in [0.4, 0.5) is 4.79 Å². The van der Waals surface area contributed by atoms with Gasteiger partial charge in [0.05, 0.1) is 0 Å². The Morgan fingerprint density at radius 1 is 1.44 bits per heavy atom. The van der Waals surface area contributed by atoms with Crippen molar-refractivity contribution < 1.29 is 14.7 Å². The molecule has 1 rings (SSSR count). The highest BCUT2D eigenvalue weighted by molar-refractivity contribution is 7.99. The van der Waals surface area contributed by atoms with E-state index in [4.69, 9.17) is 5.11 Å². The number of carboxylic acids is 1. The summed E-state index contributed by atoms with van der Waals surface area (Å²) in [6.45, 7) is 4.50. The van der Waals surface area contributed by atoms with Crippen LogP contribution in [0.1, 0.15) is 26.7 Å². The van der Waals surface area contributed by atoms with Crippen LogP contribution in [0.3, 0.4) is 0 Å². The van der Waals surface area contributed by atoms with Crippen molar-refractivity contribution in [3.63, 3.8) is 0 Å². The second-order valence-corrected chi connectivity index (χ2v) is 6.25. The average molecular weight is 274 g/mol. The van der Waals surface area contributed by atoms with Gasteiger partial charge >= 0.3 is 12.0 Å². The van der Waals surface area contributed by atoms with Gasteiger partial charge in [-0.05, 0) is 36.2 Å². The fraction of sp³-hybridized carbons (Fsp3) is 0.833. The van der Waals surface area contributed by atoms with E-state index in [-0.39, 0.29) is 11.9 Å². The third-order valence-electron chi connectivity index (χ3n) is 2.89. The Kier molecular flexibility index (Phi) is 6.32. The molecule has 0 bridgehead atoms. The molecule has 5 nitrogen and oxygen atoms in total. The Bertz CT molecular complexity index is 291. The normalized spacial score (nSPS) is 20.7. The van der Waals surface area contributed by atoms with E-state index in [1.54, 1.807) is 0 Å². The molecular formula is C12H22N2O3S. The van der Waals surface area contributed by atoms with Crippen molar-refractivity contribution >= 4 is 23.8 Å². The highest BCUT2D eigenvalue weighted by Gasteiger charge is 2.22. The third kappa shape index (κ3) is 5.62. The minimum atomic E-state index is -0.977. The van der Waals surface area contributed by atoms with Crippen LogP contribution in [0.25, 0.3) is 0 Å². The summed E-state index contributed by atoms with van der Waals surface area (Å²) >= 11 is 1.90. The van der Waals surface area contributed by atoms with E-state index in [1.165, 1.54) is 0 Å². The van der Waals surface area contributed by atoms with Gasteiger partial charge in [-0.2, -0.15) is 11.8 Å². The molecule has 104 valence electrons. The molecule has 0 radical (unpaired) electrons. The molecule has 0 spiro atoms. The van der Waals surface area contributed by atoms with E-state index >= 15 is 0 Å². The highest BCUT2D eigenvalue weighted by Crippen LogP contribution is 2.22. The molecule has 0 aliphatic carbocycles. The lowest BCUT2D eigenvalue weighted by atomic mass is 10.0. The van der Waals surface area contributed by atoms with E-state index in [0.717, 1.165) is 17.9 Å². The Balaban J connectivity index is 2.29. The monoisotopic (exact) mass is 274 g/mol. The molecule has 1 heterocycles. The first-order valence-corrected chi connectivity index (χ1v) is 7.49. The van der Waals surface area contributed by atoms with Gasteiger partial charge in [-0.1, -0.05) is 13.8 Å². The van der Waals surface area contributed by atoms with Crippen molar-refractivity contribution in [2.75, 3.05) is 18.1 Å². The Labute approximate surface area is 112 Å². The van der Waals surface area contributed by atoms with Crippen LogP contribution in [0.2, 0.25) is 0 Å². The lowest BCUT2D eigenvalue weighted by molar-refractivity contribution is -0.139. The zero-order chi connectivity index (χ0) is 13.5. The van der Waals surface area contributed by atoms with Gasteiger partial charge in [0, 0.05) is 6.54 Å². The highest BCUT2D eigenvalue weighted by atomic mass is 32.2. The van der Waals surface area contributed by atoms with Crippen LogP contribution in [0, 0.1) is 11.8 Å². The molecule has 3 N–H and O–H groups in total. The first-order chi connectivity index (χ1) is 8.49. The molecule has 0 aromatic rings. The van der Waals surface area contributed by atoms with E-state index in [1.807, 2.05) is 25.6 Å². The summed E-state index contributed by atoms with van der Waals surface area (Å²) in [5, 5.41) is 14.3. The molecule has 6 heteroatoms. The lowest BCUT2D eigenvalue weighted by Crippen LogP contribution is -2.47. The fourth-order valence-electron chi connectivity index (χ4n) is 1.88. The molecule has 0 aromatic carbocycles. The van der Waals surface area contributed by atoms with Crippen molar-refractivity contribution in [3.8, 4) is 0 Å². The van der Waals surface area contributed by atoms with Crippen molar-refractivity contribution in [3.05, 3.63) is 0 Å². The molecule has 2 atom stereocenters. The van der Waals surface area contributed by atoms with Gasteiger partial charge in [-0.15, -0.1) is 0 Å². The van der Waals surface area contributed by atoms with E-state index < -0.39 is 12.0 Å². The second kappa shape index (κ2) is 7.51. The molecule has 18 heavy (non-hydrogen) atoms. The van der Waals surface area contributed by atoms with Crippen LogP contribution in [-0.4, -0.2) is 41.2 Å². The van der Waals surface area contributed by atoms with Crippen LogP contribution in [0.5, 0.6) is 0 Å². The zero-order valence-electron chi connectivity index (χ0n) is 10.9. The number of carbonyl (C=O) groups excluding carboxylic acids is 1. The Morgan fingerprint density at radius 2 is 2.17 bits per heavy atom. The quantitative estimate of drug-likeness (QED) is 0.686. The smallest absolute Gasteiger partial charge is 0.326 e. The summed E-state index contributed by atoms with van der Waals surface area (Å²) in [6.07, 6.45) is 1.57. The fourth-order valence-corrected chi connectivity index (χ4v) is 3.17. The predicted molar refractivity (Wildman–Crippen MR) is 72.8 cm³/mol. The molecule has 1 aliphatic heterocycles. The number of carbonyl (C=O) groups is 2. The number of urea groups is 1. The number of aliphatic carboxylic acids is 1. The van der Waals surface area contributed by atoms with Crippen molar-refractivity contribution in [2.45, 2.75) is 32.7 Å². The summed E-state index contributed by atoms with van der Waals surface area (Å²) in [6, 6.07) is -1.18. The van der Waals surface area contributed by atoms with Gasteiger partial charge in [0.15, 0.2) is 0 Å². The molecule has 1 aliphatic rings. The number of nitrogens with one attached hydrogen (secondary N) is 2. The second-order valence-electron chi connectivity index (χ2n) is 5.10. The van der Waals surface area contributed by atoms with Gasteiger partial charge in [0.25, 0.3) is 0 Å². The topological polar surface area (TPSA) is 78.4 Å². The molecular weight excluding hydrogens is 252 g/mol. The van der Waals surface area contributed by atoms with Crippen LogP contribution in [0.15, 0.2) is 0 Å². The number of carboxylic acid groups (broad SMARTS) is 1. The number of hydrogen-bond acceptors (Lipinski definition) is 3. The molecule has 1 fully saturated rings. The molecule has 2 amide bonds. The summed E-state index contributed by atoms with van der Waals surface area (Å²) in [5.74, 6) is 2.01. The van der Waals surface area contributed by atoms with E-state index in [2.05, 4.69) is 10.6 Å². The van der Waals surface area contributed by atoms with Crippen molar-refractivity contribution in [1.82, 2.24) is 10.6 Å². The Hall–Kier alpha value is -0.910. The summed E-state index contributed by atoms with van der Waals surface area (Å²) < 4.78 is 0. The maximum Gasteiger partial charge on any atom is 0.326 e. The zero-order valence-corrected chi connectivity index (χ0v) is 11.8. The van der Waals surface area contributed by atoms with Gasteiger partial charge in [-0.3, -0.25) is 0 Å². The minimum absolute atomic E-state index is 0.234. The predicted octanol–water partition coefficient (Wildman–Crippen LogP) is 1.54. The molecule has 0 aromatic heterocycles. The van der Waals surface area contributed by atoms with Gasteiger partial charge < -0.3 is 15.7 Å². The van der Waals surface area contributed by atoms with Crippen LogP contribution < -0.4 is 10.6 Å². The summed E-state index contributed by atoms with van der Waals surface area (Å²) in [4.78, 5) is 22.6. The number of amides is 2. The van der Waals surface area contributed by atoms with Gasteiger partial charge in [-0.25, -0.2) is 9.59 Å². The standard InChI is InChI=1S/C12H22N2O3S/c1-8(2)5-10(11(15)16)14-12(17)13-6-9-3-4-18-7-9/h8-10H,3-7H2,1-2H3,(H,15,16)(H2,13,14,17)/t9?,10-/m1/s1. The van der Waals surface area contributed by atoms with Crippen molar-refractivity contribution in [1.29, 1.82) is 0 Å². The molecule has 1 unspecified atom stereocenters. The van der Waals surface area contributed by atoms with Crippen LogP contribution >= 0.6 is 11.8 Å². The molecule has 1 saturated heterocycles. The molecule has 0 saturated carbocycles. The first kappa shape index (κ1) is 15.1. The largest absolute Gasteiger partial charge is 0.480 e. The van der Waals surface area contributed by atoms with Gasteiger partial charge in [0.1, 0.15) is 6.04 Å². The van der Waals surface area contributed by atoms with Crippen LogP contribution in [-0.2, 0) is 4.79 Å². The SMILES string of the molecule is CC(C)C[C@@H](NC(=O)NCC1CCSC1)C(=O)O. The number of thioether (sulfide) groups is 1. The number of rotatable bonds is 6. The number of hydrogen-bond donors (Lipinski definition) is 3. The summed E-state index contributed by atoms with van der Waals surface area (Å²) in [7, 11) is 0.